The molecule has 1 aromatic rings. The summed E-state index contributed by atoms with van der Waals surface area (Å²) in [6, 6.07) is 4.14. The molecule has 0 saturated heterocycles. The fraction of sp³-hybridized carbons (Fsp3) is 0.636. The minimum absolute atomic E-state index is 0.160. The van der Waals surface area contributed by atoms with Crippen LogP contribution in [0.4, 0.5) is 0 Å². The van der Waals surface area contributed by atoms with Crippen LogP contribution in [0.1, 0.15) is 36.6 Å². The molecule has 0 amide bonds. The SMILES string of the molecule is NC(CSC1CCCC1)c1ccc(Cl)s1. The van der Waals surface area contributed by atoms with Gasteiger partial charge in [0, 0.05) is 21.9 Å². The second-order valence-corrected chi connectivity index (χ2v) is 7.07. The highest BCUT2D eigenvalue weighted by Gasteiger charge is 2.17. The zero-order valence-electron chi connectivity index (χ0n) is 8.62. The second kappa shape index (κ2) is 5.58. The van der Waals surface area contributed by atoms with Crippen LogP contribution in [0.3, 0.4) is 0 Å². The lowest BCUT2D eigenvalue weighted by atomic mass is 10.3. The maximum Gasteiger partial charge on any atom is 0.0931 e. The first kappa shape index (κ1) is 11.8. The first-order chi connectivity index (χ1) is 7.25. The molecule has 0 aromatic carbocycles. The van der Waals surface area contributed by atoms with E-state index in [0.29, 0.717) is 0 Å². The van der Waals surface area contributed by atoms with E-state index in [1.807, 2.05) is 23.9 Å². The molecule has 84 valence electrons. The summed E-state index contributed by atoms with van der Waals surface area (Å²) < 4.78 is 0.839. The van der Waals surface area contributed by atoms with E-state index >= 15 is 0 Å². The molecule has 1 fully saturated rings. The third kappa shape index (κ3) is 3.38. The zero-order chi connectivity index (χ0) is 10.7. The first-order valence-corrected chi connectivity index (χ1v) is 7.62. The van der Waals surface area contributed by atoms with Crippen LogP contribution in [0.15, 0.2) is 12.1 Å². The molecule has 1 heterocycles. The Hall–Kier alpha value is 0.300. The largest absolute Gasteiger partial charge is 0.323 e. The summed E-state index contributed by atoms with van der Waals surface area (Å²) in [5, 5.41) is 0.853. The van der Waals surface area contributed by atoms with Gasteiger partial charge in [-0.1, -0.05) is 24.4 Å². The van der Waals surface area contributed by atoms with E-state index in [1.54, 1.807) is 11.3 Å². The number of halogens is 1. The molecule has 0 radical (unpaired) electrons. The van der Waals surface area contributed by atoms with Gasteiger partial charge in [-0.3, -0.25) is 0 Å². The van der Waals surface area contributed by atoms with Crippen molar-refractivity contribution in [3.05, 3.63) is 21.3 Å². The molecule has 2 N–H and O–H groups in total. The van der Waals surface area contributed by atoms with Crippen LogP contribution in [0.5, 0.6) is 0 Å². The van der Waals surface area contributed by atoms with Crippen LogP contribution in [0, 0.1) is 0 Å². The predicted octanol–water partition coefficient (Wildman–Crippen LogP) is 4.08. The van der Waals surface area contributed by atoms with Crippen molar-refractivity contribution in [3.63, 3.8) is 0 Å². The van der Waals surface area contributed by atoms with E-state index in [4.69, 9.17) is 17.3 Å². The molecule has 1 unspecified atom stereocenters. The lowest BCUT2D eigenvalue weighted by molar-refractivity contribution is 0.837. The molecule has 2 rings (SSSR count). The summed E-state index contributed by atoms with van der Waals surface area (Å²) >= 11 is 9.53. The normalized spacial score (nSPS) is 19.6. The van der Waals surface area contributed by atoms with Gasteiger partial charge in [-0.2, -0.15) is 11.8 Å². The number of thioether (sulfide) groups is 1. The highest BCUT2D eigenvalue weighted by molar-refractivity contribution is 7.99. The Balaban J connectivity index is 1.79. The van der Waals surface area contributed by atoms with Gasteiger partial charge in [0.25, 0.3) is 0 Å². The van der Waals surface area contributed by atoms with Gasteiger partial charge in [0.2, 0.25) is 0 Å². The molecule has 1 aliphatic carbocycles. The number of nitrogens with two attached hydrogens (primary N) is 1. The van der Waals surface area contributed by atoms with Crippen LogP contribution in [-0.4, -0.2) is 11.0 Å². The van der Waals surface area contributed by atoms with Crippen molar-refractivity contribution in [1.82, 2.24) is 0 Å². The molecule has 0 bridgehead atoms. The Morgan fingerprint density at radius 2 is 2.20 bits per heavy atom. The Morgan fingerprint density at radius 1 is 1.47 bits per heavy atom. The van der Waals surface area contributed by atoms with E-state index < -0.39 is 0 Å². The summed E-state index contributed by atoms with van der Waals surface area (Å²) in [6.45, 7) is 0. The minimum Gasteiger partial charge on any atom is -0.323 e. The second-order valence-electron chi connectivity index (χ2n) is 3.99. The third-order valence-corrected chi connectivity index (χ3v) is 5.63. The molecule has 1 nitrogen and oxygen atoms in total. The molecule has 1 aromatic heterocycles. The molecule has 1 aliphatic rings. The van der Waals surface area contributed by atoms with Crippen molar-refractivity contribution in [1.29, 1.82) is 0 Å². The van der Waals surface area contributed by atoms with Crippen molar-refractivity contribution in [2.24, 2.45) is 5.73 Å². The highest BCUT2D eigenvalue weighted by atomic mass is 35.5. The maximum absolute atomic E-state index is 6.12. The Bertz CT molecular complexity index is 307. The quantitative estimate of drug-likeness (QED) is 0.884. The van der Waals surface area contributed by atoms with Gasteiger partial charge >= 0.3 is 0 Å². The average molecular weight is 262 g/mol. The lowest BCUT2D eigenvalue weighted by Crippen LogP contribution is -2.13. The van der Waals surface area contributed by atoms with E-state index in [1.165, 1.54) is 30.6 Å². The van der Waals surface area contributed by atoms with Gasteiger partial charge in [-0.05, 0) is 25.0 Å². The topological polar surface area (TPSA) is 26.0 Å². The third-order valence-electron chi connectivity index (χ3n) is 2.77. The smallest absolute Gasteiger partial charge is 0.0931 e. The van der Waals surface area contributed by atoms with Crippen molar-refractivity contribution >= 4 is 34.7 Å². The number of hydrogen-bond acceptors (Lipinski definition) is 3. The summed E-state index contributed by atoms with van der Waals surface area (Å²) in [4.78, 5) is 1.21. The summed E-state index contributed by atoms with van der Waals surface area (Å²) in [5.74, 6) is 1.03. The average Bonchev–Trinajstić information content (AvgIpc) is 2.84. The summed E-state index contributed by atoms with van der Waals surface area (Å²) in [7, 11) is 0. The van der Waals surface area contributed by atoms with Crippen LogP contribution in [0.25, 0.3) is 0 Å². The number of rotatable bonds is 4. The van der Waals surface area contributed by atoms with Gasteiger partial charge in [-0.15, -0.1) is 11.3 Å². The van der Waals surface area contributed by atoms with Crippen molar-refractivity contribution in [2.75, 3.05) is 5.75 Å². The van der Waals surface area contributed by atoms with E-state index in [0.717, 1.165) is 15.3 Å². The van der Waals surface area contributed by atoms with Crippen LogP contribution >= 0.6 is 34.7 Å². The minimum atomic E-state index is 0.160. The highest BCUT2D eigenvalue weighted by Crippen LogP contribution is 2.33. The zero-order valence-corrected chi connectivity index (χ0v) is 11.0. The number of thiophene rings is 1. The van der Waals surface area contributed by atoms with Crippen molar-refractivity contribution in [2.45, 2.75) is 37.0 Å². The molecule has 15 heavy (non-hydrogen) atoms. The van der Waals surface area contributed by atoms with E-state index in [2.05, 4.69) is 0 Å². The van der Waals surface area contributed by atoms with Gasteiger partial charge in [-0.25, -0.2) is 0 Å². The molecular formula is C11H16ClNS2. The Labute approximate surface area is 104 Å². The standard InChI is InChI=1S/C11H16ClNS2/c12-11-6-5-10(15-11)9(13)7-14-8-3-1-2-4-8/h5-6,8-9H,1-4,7,13H2. The van der Waals surface area contributed by atoms with Gasteiger partial charge in [0.05, 0.1) is 4.34 Å². The fourth-order valence-corrected chi connectivity index (χ4v) is 4.40. The van der Waals surface area contributed by atoms with Gasteiger partial charge < -0.3 is 5.73 Å². The van der Waals surface area contributed by atoms with Crippen molar-refractivity contribution in [3.8, 4) is 0 Å². The summed E-state index contributed by atoms with van der Waals surface area (Å²) in [5.41, 5.74) is 6.12. The van der Waals surface area contributed by atoms with E-state index in [9.17, 15) is 0 Å². The number of hydrogen-bond donors (Lipinski definition) is 1. The molecular weight excluding hydrogens is 246 g/mol. The summed E-state index contributed by atoms with van der Waals surface area (Å²) in [6.07, 6.45) is 5.56. The molecule has 4 heteroatoms. The fourth-order valence-electron chi connectivity index (χ4n) is 1.90. The molecule has 0 aliphatic heterocycles. The molecule has 0 spiro atoms. The Kier molecular flexibility index (Phi) is 4.38. The monoisotopic (exact) mass is 261 g/mol. The van der Waals surface area contributed by atoms with Crippen molar-refractivity contribution < 1.29 is 0 Å². The van der Waals surface area contributed by atoms with Gasteiger partial charge in [0.1, 0.15) is 0 Å². The van der Waals surface area contributed by atoms with Crippen LogP contribution < -0.4 is 5.73 Å². The maximum atomic E-state index is 6.12. The lowest BCUT2D eigenvalue weighted by Gasteiger charge is -2.12. The van der Waals surface area contributed by atoms with Crippen LogP contribution in [-0.2, 0) is 0 Å². The molecule has 1 saturated carbocycles. The Morgan fingerprint density at radius 3 is 2.80 bits per heavy atom. The predicted molar refractivity (Wildman–Crippen MR) is 71.0 cm³/mol. The van der Waals surface area contributed by atoms with Gasteiger partial charge in [0.15, 0.2) is 0 Å². The van der Waals surface area contributed by atoms with E-state index in [-0.39, 0.29) is 6.04 Å². The van der Waals surface area contributed by atoms with Crippen LogP contribution in [0.2, 0.25) is 4.34 Å². The first-order valence-electron chi connectivity index (χ1n) is 5.38. The molecule has 1 atom stereocenters.